The molecule has 1 saturated carbocycles. The lowest BCUT2D eigenvalue weighted by atomic mass is 9.94. The summed E-state index contributed by atoms with van der Waals surface area (Å²) in [6, 6.07) is 6.65. The minimum atomic E-state index is -0.234. The molecular weight excluding hydrogens is 259 g/mol. The van der Waals surface area contributed by atoms with E-state index in [0.717, 1.165) is 40.6 Å². The molecule has 0 saturated heterocycles. The number of halogens is 1. The number of thiophene rings is 1. The maximum absolute atomic E-state index is 13.2. The summed E-state index contributed by atoms with van der Waals surface area (Å²) >= 11 is 1.43. The van der Waals surface area contributed by atoms with Crippen LogP contribution in [-0.4, -0.2) is 5.78 Å². The number of carbonyl (C=O) groups excluding carboxylic acids is 1. The van der Waals surface area contributed by atoms with Gasteiger partial charge in [-0.15, -0.1) is 11.3 Å². The van der Waals surface area contributed by atoms with Gasteiger partial charge < -0.3 is 0 Å². The summed E-state index contributed by atoms with van der Waals surface area (Å²) in [5.41, 5.74) is 0. The molecule has 1 nitrogen and oxygen atoms in total. The highest BCUT2D eigenvalue weighted by Crippen LogP contribution is 2.32. The van der Waals surface area contributed by atoms with Gasteiger partial charge in [0.2, 0.25) is 0 Å². The Morgan fingerprint density at radius 3 is 2.58 bits per heavy atom. The van der Waals surface area contributed by atoms with Crippen molar-refractivity contribution >= 4 is 27.2 Å². The van der Waals surface area contributed by atoms with Crippen LogP contribution in [0.2, 0.25) is 0 Å². The average molecular weight is 276 g/mol. The number of hydrogen-bond donors (Lipinski definition) is 0. The molecule has 0 N–H and O–H groups in total. The minimum Gasteiger partial charge on any atom is -0.293 e. The van der Waals surface area contributed by atoms with Crippen molar-refractivity contribution in [2.24, 2.45) is 5.92 Å². The predicted octanol–water partition coefficient (Wildman–Crippen LogP) is 5.19. The van der Waals surface area contributed by atoms with E-state index in [0.29, 0.717) is 0 Å². The van der Waals surface area contributed by atoms with E-state index in [4.69, 9.17) is 0 Å². The SMILES string of the molecule is O=C(c1cc2ccc(F)cc2s1)C1CCCCCC1. The number of Topliss-reactive ketones (excluding diaryl/α,β-unsaturated/α-hetero) is 1. The third-order valence-electron chi connectivity index (χ3n) is 3.95. The van der Waals surface area contributed by atoms with Crippen molar-refractivity contribution in [3.63, 3.8) is 0 Å². The van der Waals surface area contributed by atoms with Gasteiger partial charge in [0.25, 0.3) is 0 Å². The molecular formula is C16H17FOS. The number of carbonyl (C=O) groups is 1. The highest BCUT2D eigenvalue weighted by molar-refractivity contribution is 7.20. The molecule has 19 heavy (non-hydrogen) atoms. The van der Waals surface area contributed by atoms with Crippen molar-refractivity contribution in [2.45, 2.75) is 38.5 Å². The van der Waals surface area contributed by atoms with Crippen LogP contribution in [0.4, 0.5) is 4.39 Å². The summed E-state index contributed by atoms with van der Waals surface area (Å²) in [6.07, 6.45) is 6.86. The maximum Gasteiger partial charge on any atom is 0.175 e. The first kappa shape index (κ1) is 12.8. The van der Waals surface area contributed by atoms with Crippen molar-refractivity contribution in [3.05, 3.63) is 35.0 Å². The predicted molar refractivity (Wildman–Crippen MR) is 77.3 cm³/mol. The molecule has 1 aliphatic rings. The molecule has 3 rings (SSSR count). The van der Waals surface area contributed by atoms with Gasteiger partial charge in [-0.05, 0) is 36.4 Å². The van der Waals surface area contributed by atoms with E-state index in [1.165, 1.54) is 36.3 Å². The zero-order valence-electron chi connectivity index (χ0n) is 10.8. The zero-order chi connectivity index (χ0) is 13.2. The van der Waals surface area contributed by atoms with Gasteiger partial charge in [0, 0.05) is 10.6 Å². The lowest BCUT2D eigenvalue weighted by molar-refractivity contribution is 0.0912. The fourth-order valence-electron chi connectivity index (χ4n) is 2.87. The summed E-state index contributed by atoms with van der Waals surface area (Å²) in [7, 11) is 0. The van der Waals surface area contributed by atoms with Gasteiger partial charge >= 0.3 is 0 Å². The highest BCUT2D eigenvalue weighted by Gasteiger charge is 2.22. The van der Waals surface area contributed by atoms with Crippen LogP contribution in [0.1, 0.15) is 48.2 Å². The Morgan fingerprint density at radius 1 is 1.11 bits per heavy atom. The van der Waals surface area contributed by atoms with Crippen molar-refractivity contribution in [2.75, 3.05) is 0 Å². The summed E-state index contributed by atoms with van der Waals surface area (Å²) in [5.74, 6) is 0.215. The summed E-state index contributed by atoms with van der Waals surface area (Å²) in [6.45, 7) is 0. The van der Waals surface area contributed by atoms with Gasteiger partial charge in [-0.25, -0.2) is 4.39 Å². The Labute approximate surface area is 116 Å². The largest absolute Gasteiger partial charge is 0.293 e. The second kappa shape index (κ2) is 5.41. The third-order valence-corrected chi connectivity index (χ3v) is 5.06. The molecule has 0 aliphatic heterocycles. The van der Waals surface area contributed by atoms with Crippen LogP contribution in [0, 0.1) is 11.7 Å². The first-order valence-electron chi connectivity index (χ1n) is 6.97. The van der Waals surface area contributed by atoms with Gasteiger partial charge in [-0.1, -0.05) is 31.7 Å². The summed E-state index contributed by atoms with van der Waals surface area (Å²) in [4.78, 5) is 13.3. The molecule has 1 aromatic heterocycles. The quantitative estimate of drug-likeness (QED) is 0.544. The summed E-state index contributed by atoms with van der Waals surface area (Å²) < 4.78 is 14.0. The van der Waals surface area contributed by atoms with Crippen LogP contribution in [0.3, 0.4) is 0 Å². The lowest BCUT2D eigenvalue weighted by Crippen LogP contribution is -2.12. The Bertz CT molecular complexity index is 594. The normalized spacial score (nSPS) is 17.5. The lowest BCUT2D eigenvalue weighted by Gasteiger charge is -2.10. The van der Waals surface area contributed by atoms with Crippen LogP contribution >= 0.6 is 11.3 Å². The van der Waals surface area contributed by atoms with Crippen molar-refractivity contribution < 1.29 is 9.18 Å². The van der Waals surface area contributed by atoms with Crippen molar-refractivity contribution in [1.82, 2.24) is 0 Å². The smallest absolute Gasteiger partial charge is 0.175 e. The molecule has 0 atom stereocenters. The minimum absolute atomic E-state index is 0.181. The molecule has 1 aliphatic carbocycles. The Kier molecular flexibility index (Phi) is 3.65. The molecule has 0 unspecified atom stereocenters. The standard InChI is InChI=1S/C16H17FOS/c17-13-8-7-12-9-15(19-14(12)10-13)16(18)11-5-3-1-2-4-6-11/h7-11H,1-6H2. The second-order valence-corrected chi connectivity index (χ2v) is 6.43. The Balaban J connectivity index is 1.88. The highest BCUT2D eigenvalue weighted by atomic mass is 32.1. The molecule has 0 amide bonds. The number of benzene rings is 1. The molecule has 2 aromatic rings. The Hall–Kier alpha value is -1.22. The Morgan fingerprint density at radius 2 is 1.84 bits per heavy atom. The van der Waals surface area contributed by atoms with E-state index in [2.05, 4.69) is 0 Å². The maximum atomic E-state index is 13.2. The van der Waals surface area contributed by atoms with E-state index in [-0.39, 0.29) is 17.5 Å². The molecule has 0 radical (unpaired) electrons. The monoisotopic (exact) mass is 276 g/mol. The number of rotatable bonds is 2. The van der Waals surface area contributed by atoms with E-state index in [1.807, 2.05) is 6.07 Å². The molecule has 0 bridgehead atoms. The first-order chi connectivity index (χ1) is 9.24. The van der Waals surface area contributed by atoms with Crippen molar-refractivity contribution in [1.29, 1.82) is 0 Å². The molecule has 1 fully saturated rings. The summed E-state index contributed by atoms with van der Waals surface area (Å²) in [5, 5.41) is 0.975. The molecule has 100 valence electrons. The molecule has 1 aromatic carbocycles. The van der Waals surface area contributed by atoms with E-state index in [9.17, 15) is 9.18 Å². The number of hydrogen-bond acceptors (Lipinski definition) is 2. The van der Waals surface area contributed by atoms with Crippen LogP contribution in [-0.2, 0) is 0 Å². The molecule has 0 spiro atoms. The second-order valence-electron chi connectivity index (χ2n) is 5.35. The number of fused-ring (bicyclic) bond motifs is 1. The first-order valence-corrected chi connectivity index (χ1v) is 7.79. The van der Waals surface area contributed by atoms with Gasteiger partial charge in [0.15, 0.2) is 5.78 Å². The fourth-order valence-corrected chi connectivity index (χ4v) is 3.98. The van der Waals surface area contributed by atoms with Gasteiger partial charge in [0.05, 0.1) is 4.88 Å². The number of ketones is 1. The van der Waals surface area contributed by atoms with Crippen LogP contribution in [0.5, 0.6) is 0 Å². The van der Waals surface area contributed by atoms with Crippen LogP contribution in [0.25, 0.3) is 10.1 Å². The van der Waals surface area contributed by atoms with Crippen LogP contribution in [0.15, 0.2) is 24.3 Å². The average Bonchev–Trinajstić information content (AvgIpc) is 2.64. The van der Waals surface area contributed by atoms with Crippen LogP contribution < -0.4 is 0 Å². The molecule has 3 heteroatoms. The van der Waals surface area contributed by atoms with E-state index < -0.39 is 0 Å². The fraction of sp³-hybridized carbons (Fsp3) is 0.438. The molecule has 1 heterocycles. The van der Waals surface area contributed by atoms with Gasteiger partial charge in [0.1, 0.15) is 5.82 Å². The van der Waals surface area contributed by atoms with Crippen molar-refractivity contribution in [3.8, 4) is 0 Å². The topological polar surface area (TPSA) is 17.1 Å². The van der Waals surface area contributed by atoms with Gasteiger partial charge in [-0.3, -0.25) is 4.79 Å². The van der Waals surface area contributed by atoms with E-state index in [1.54, 1.807) is 6.07 Å². The third kappa shape index (κ3) is 2.71. The zero-order valence-corrected chi connectivity index (χ0v) is 11.6. The van der Waals surface area contributed by atoms with Gasteiger partial charge in [-0.2, -0.15) is 0 Å². The van der Waals surface area contributed by atoms with E-state index >= 15 is 0 Å².